The van der Waals surface area contributed by atoms with Crippen molar-refractivity contribution in [1.29, 1.82) is 0 Å². The normalized spacial score (nSPS) is 19.5. The highest BCUT2D eigenvalue weighted by Crippen LogP contribution is 2.40. The van der Waals surface area contributed by atoms with E-state index < -0.39 is 34.1 Å². The summed E-state index contributed by atoms with van der Waals surface area (Å²) in [6.07, 6.45) is -2.96. The molecule has 1 aliphatic carbocycles. The van der Waals surface area contributed by atoms with Crippen molar-refractivity contribution in [3.8, 4) is 5.75 Å². The number of aromatic nitrogens is 3. The zero-order chi connectivity index (χ0) is 25.8. The van der Waals surface area contributed by atoms with E-state index in [1.165, 1.54) is 11.3 Å². The van der Waals surface area contributed by atoms with E-state index in [2.05, 4.69) is 19.7 Å². The van der Waals surface area contributed by atoms with Crippen LogP contribution in [-0.4, -0.2) is 70.8 Å². The molecule has 0 bridgehead atoms. The van der Waals surface area contributed by atoms with Gasteiger partial charge in [-0.1, -0.05) is 11.3 Å². The van der Waals surface area contributed by atoms with Crippen LogP contribution < -0.4 is 15.4 Å². The molecule has 3 N–H and O–H groups in total. The van der Waals surface area contributed by atoms with E-state index in [9.17, 15) is 31.5 Å². The van der Waals surface area contributed by atoms with Gasteiger partial charge in [-0.3, -0.25) is 4.79 Å². The molecule has 2 aromatic heterocycles. The molecule has 192 valence electrons. The third-order valence-corrected chi connectivity index (χ3v) is 8.83. The van der Waals surface area contributed by atoms with Crippen LogP contribution in [0.25, 0.3) is 10.3 Å². The maximum Gasteiger partial charge on any atom is 0.573 e. The van der Waals surface area contributed by atoms with Gasteiger partial charge in [0.15, 0.2) is 10.8 Å². The van der Waals surface area contributed by atoms with Crippen molar-refractivity contribution in [1.82, 2.24) is 19.3 Å². The average Bonchev–Trinajstić information content (AvgIpc) is 3.56. The Hall–Kier alpha value is -3.24. The van der Waals surface area contributed by atoms with Gasteiger partial charge in [-0.15, -0.1) is 13.2 Å². The molecule has 11 nitrogen and oxygen atoms in total. The first-order valence-corrected chi connectivity index (χ1v) is 13.0. The molecule has 1 saturated heterocycles. The number of halogens is 3. The van der Waals surface area contributed by atoms with Gasteiger partial charge in [-0.25, -0.2) is 18.4 Å². The maximum atomic E-state index is 13.2. The highest BCUT2D eigenvalue weighted by molar-refractivity contribution is 7.89. The fraction of sp³-hybridized carbons (Fsp3) is 0.400. The van der Waals surface area contributed by atoms with Gasteiger partial charge in [0.2, 0.25) is 10.0 Å². The zero-order valence-electron chi connectivity index (χ0n) is 18.3. The van der Waals surface area contributed by atoms with Crippen molar-refractivity contribution in [2.24, 2.45) is 0 Å². The lowest BCUT2D eigenvalue weighted by Gasteiger charge is -2.38. The smallest absolute Gasteiger partial charge is 0.480 e. The summed E-state index contributed by atoms with van der Waals surface area (Å²) in [4.78, 5) is 26.6. The fourth-order valence-corrected chi connectivity index (χ4v) is 6.40. The fourth-order valence-electron chi connectivity index (χ4n) is 3.89. The number of piperazine rings is 1. The molecule has 1 aliphatic heterocycles. The van der Waals surface area contributed by atoms with Crippen LogP contribution in [-0.2, 0) is 14.8 Å². The molecule has 1 atom stereocenters. The lowest BCUT2D eigenvalue weighted by molar-refractivity contribution is -0.274. The monoisotopic (exact) mass is 544 g/mol. The quantitative estimate of drug-likeness (QED) is 0.473. The van der Waals surface area contributed by atoms with Crippen molar-refractivity contribution in [3.63, 3.8) is 0 Å². The minimum atomic E-state index is -4.93. The number of rotatable bonds is 6. The second-order valence-electron chi connectivity index (χ2n) is 8.33. The number of nitrogens with two attached hydrogens (primary N) is 1. The molecule has 5 rings (SSSR count). The van der Waals surface area contributed by atoms with Gasteiger partial charge in [0.1, 0.15) is 28.1 Å². The third kappa shape index (κ3) is 4.75. The summed E-state index contributed by atoms with van der Waals surface area (Å²) in [5, 5.41) is 10.2. The van der Waals surface area contributed by atoms with Gasteiger partial charge >= 0.3 is 12.3 Å². The summed E-state index contributed by atoms with van der Waals surface area (Å²) < 4.78 is 68.7. The first-order valence-electron chi connectivity index (χ1n) is 10.7. The van der Waals surface area contributed by atoms with E-state index in [0.717, 1.165) is 41.4 Å². The number of thiazole rings is 1. The minimum Gasteiger partial charge on any atom is -0.480 e. The van der Waals surface area contributed by atoms with E-state index in [-0.39, 0.29) is 30.4 Å². The number of alkyl halides is 3. The predicted molar refractivity (Wildman–Crippen MR) is 122 cm³/mol. The van der Waals surface area contributed by atoms with Gasteiger partial charge in [0.05, 0.1) is 4.90 Å². The van der Waals surface area contributed by atoms with E-state index in [1.807, 2.05) is 0 Å². The number of benzene rings is 1. The Morgan fingerprint density at radius 2 is 1.83 bits per heavy atom. The number of hydrogen-bond acceptors (Lipinski definition) is 10. The standard InChI is InChI=1S/C20H19F3N6O5S2/c21-20(22,23)34-11-3-5-12(6-4-11)36(32,33)29-8-7-28(9-13(29)18(30)31)19-27-17-14(35-19)15(24)25-16(26-17)10-1-2-10/h3-6,10,13H,1-2,7-9H2,(H,30,31)(H2,24,25,26)/t13-/m1/s1. The van der Waals surface area contributed by atoms with Crippen LogP contribution in [0.4, 0.5) is 24.1 Å². The molecule has 3 heterocycles. The Balaban J connectivity index is 1.38. The number of nitrogens with zero attached hydrogens (tertiary/aromatic N) is 5. The average molecular weight is 545 g/mol. The number of carboxylic acids is 1. The van der Waals surface area contributed by atoms with Crippen molar-refractivity contribution in [2.75, 3.05) is 30.3 Å². The number of hydrogen-bond donors (Lipinski definition) is 2. The molecule has 0 spiro atoms. The van der Waals surface area contributed by atoms with Crippen molar-refractivity contribution < 1.29 is 36.2 Å². The topological polar surface area (TPSA) is 152 Å². The number of aliphatic carboxylic acids is 1. The number of nitrogen functional groups attached to an aromatic ring is 1. The Morgan fingerprint density at radius 3 is 2.44 bits per heavy atom. The first-order chi connectivity index (χ1) is 16.9. The number of anilines is 2. The molecule has 0 amide bonds. The SMILES string of the molecule is Nc1nc(C2CC2)nc2nc(N3CCN(S(=O)(=O)c4ccc(OC(F)(F)F)cc4)[C@@H](C(=O)O)C3)sc12. The predicted octanol–water partition coefficient (Wildman–Crippen LogP) is 2.41. The molecule has 0 unspecified atom stereocenters. The van der Waals surface area contributed by atoms with Crippen molar-refractivity contribution >= 4 is 48.6 Å². The Labute approximate surface area is 206 Å². The molecular weight excluding hydrogens is 525 g/mol. The number of sulfonamides is 1. The largest absolute Gasteiger partial charge is 0.573 e. The van der Waals surface area contributed by atoms with Gasteiger partial charge in [-0.05, 0) is 37.1 Å². The Kier molecular flexibility index (Phi) is 5.91. The Morgan fingerprint density at radius 1 is 1.14 bits per heavy atom. The molecule has 2 aliphatic rings. The van der Waals surface area contributed by atoms with Crippen LogP contribution in [0.1, 0.15) is 24.6 Å². The van der Waals surface area contributed by atoms with Crippen LogP contribution in [0.2, 0.25) is 0 Å². The van der Waals surface area contributed by atoms with Crippen LogP contribution >= 0.6 is 11.3 Å². The van der Waals surface area contributed by atoms with E-state index in [4.69, 9.17) is 5.73 Å². The lowest BCUT2D eigenvalue weighted by atomic mass is 10.2. The molecular formula is C20H19F3N6O5S2. The number of carboxylic acid groups (broad SMARTS) is 1. The molecule has 1 saturated carbocycles. The van der Waals surface area contributed by atoms with Gasteiger partial charge in [0, 0.05) is 25.6 Å². The first kappa shape index (κ1) is 24.5. The van der Waals surface area contributed by atoms with Crippen LogP contribution in [0.15, 0.2) is 29.2 Å². The lowest BCUT2D eigenvalue weighted by Crippen LogP contribution is -2.58. The van der Waals surface area contributed by atoms with E-state index >= 15 is 0 Å². The molecule has 16 heteroatoms. The van der Waals surface area contributed by atoms with E-state index in [0.29, 0.717) is 27.1 Å². The summed E-state index contributed by atoms with van der Waals surface area (Å²) in [7, 11) is -4.33. The van der Waals surface area contributed by atoms with Crippen molar-refractivity contribution in [2.45, 2.75) is 36.1 Å². The Bertz CT molecular complexity index is 1430. The number of ether oxygens (including phenoxy) is 1. The minimum absolute atomic E-state index is 0.126. The summed E-state index contributed by atoms with van der Waals surface area (Å²) in [5.74, 6) is -0.788. The summed E-state index contributed by atoms with van der Waals surface area (Å²) in [6.45, 7) is -0.266. The van der Waals surface area contributed by atoms with Crippen molar-refractivity contribution in [3.05, 3.63) is 30.1 Å². The van der Waals surface area contributed by atoms with Crippen LogP contribution in [0.3, 0.4) is 0 Å². The van der Waals surface area contributed by atoms with E-state index in [1.54, 1.807) is 4.90 Å². The highest BCUT2D eigenvalue weighted by atomic mass is 32.2. The van der Waals surface area contributed by atoms with Gasteiger partial charge in [0.25, 0.3) is 0 Å². The summed E-state index contributed by atoms with van der Waals surface area (Å²) in [5.41, 5.74) is 6.49. The molecule has 1 aromatic carbocycles. The molecule has 0 radical (unpaired) electrons. The zero-order valence-corrected chi connectivity index (χ0v) is 20.0. The van der Waals surface area contributed by atoms with Crippen LogP contribution in [0.5, 0.6) is 5.75 Å². The van der Waals surface area contributed by atoms with Gasteiger partial charge in [-0.2, -0.15) is 9.29 Å². The van der Waals surface area contributed by atoms with Gasteiger partial charge < -0.3 is 20.5 Å². The highest BCUT2D eigenvalue weighted by Gasteiger charge is 2.41. The second kappa shape index (κ2) is 8.70. The number of fused-ring (bicyclic) bond motifs is 1. The number of carbonyl (C=O) groups is 1. The third-order valence-electron chi connectivity index (χ3n) is 5.78. The summed E-state index contributed by atoms with van der Waals surface area (Å²) >= 11 is 1.19. The molecule has 3 aromatic rings. The second-order valence-corrected chi connectivity index (χ2v) is 11.2. The molecule has 2 fully saturated rings. The summed E-state index contributed by atoms with van der Waals surface area (Å²) in [6, 6.07) is 2.12. The maximum absolute atomic E-state index is 13.2. The van der Waals surface area contributed by atoms with Crippen LogP contribution in [0, 0.1) is 0 Å². The molecule has 36 heavy (non-hydrogen) atoms.